The van der Waals surface area contributed by atoms with Crippen molar-refractivity contribution in [3.05, 3.63) is 29.0 Å². The van der Waals surface area contributed by atoms with Crippen molar-refractivity contribution < 1.29 is 14.2 Å². The van der Waals surface area contributed by atoms with Crippen molar-refractivity contribution in [2.24, 2.45) is 5.92 Å². The lowest BCUT2D eigenvalue weighted by Gasteiger charge is -2.28. The lowest BCUT2D eigenvalue weighted by atomic mass is 9.79. The number of nitrogens with zero attached hydrogens (tertiary/aromatic N) is 2. The van der Waals surface area contributed by atoms with Crippen LogP contribution in [-0.2, 0) is 12.8 Å². The molecule has 1 heterocycles. The fraction of sp³-hybridized carbons (Fsp3) is 0.455. The van der Waals surface area contributed by atoms with Crippen molar-refractivity contribution in [2.45, 2.75) is 39.0 Å². The third kappa shape index (κ3) is 3.33. The molecule has 1 aliphatic carbocycles. The van der Waals surface area contributed by atoms with Gasteiger partial charge in [-0.3, -0.25) is 0 Å². The Morgan fingerprint density at radius 1 is 1.18 bits per heavy atom. The van der Waals surface area contributed by atoms with Gasteiger partial charge in [0.05, 0.1) is 21.3 Å². The summed E-state index contributed by atoms with van der Waals surface area (Å²) in [5, 5.41) is 9.86. The molecule has 6 nitrogen and oxygen atoms in total. The van der Waals surface area contributed by atoms with E-state index in [-0.39, 0.29) is 5.82 Å². The summed E-state index contributed by atoms with van der Waals surface area (Å²) in [5.74, 6) is 2.45. The summed E-state index contributed by atoms with van der Waals surface area (Å²) in [6, 6.07) is 5.99. The normalized spacial score (nSPS) is 15.5. The second kappa shape index (κ2) is 8.39. The van der Waals surface area contributed by atoms with Crippen LogP contribution >= 0.6 is 0 Å². The number of aromatic nitrogens is 1. The number of benzene rings is 1. The molecule has 1 aromatic carbocycles. The van der Waals surface area contributed by atoms with Gasteiger partial charge in [-0.2, -0.15) is 5.26 Å². The molecule has 0 fully saturated rings. The largest absolute Gasteiger partial charge is 0.493 e. The van der Waals surface area contributed by atoms with E-state index >= 15 is 0 Å². The standard InChI is InChI=1S/C22H27N3O3/c1-5-6-13-7-9-17-15(11-13)19(16(12-23)22(24)25-17)14-8-10-18(26-2)21(28-4)20(14)27-3/h8,10,13H,5-7,9,11H2,1-4H3,(H2,24,25). The molecular formula is C22H27N3O3. The molecule has 0 amide bonds. The quantitative estimate of drug-likeness (QED) is 0.809. The van der Waals surface area contributed by atoms with Gasteiger partial charge < -0.3 is 19.9 Å². The van der Waals surface area contributed by atoms with Crippen molar-refractivity contribution in [2.75, 3.05) is 27.1 Å². The molecule has 1 aromatic heterocycles. The van der Waals surface area contributed by atoms with Crippen LogP contribution in [0.25, 0.3) is 11.1 Å². The molecule has 3 rings (SSSR count). The van der Waals surface area contributed by atoms with Crippen molar-refractivity contribution in [3.8, 4) is 34.4 Å². The molecule has 1 unspecified atom stereocenters. The number of fused-ring (bicyclic) bond motifs is 1. The number of hydrogen-bond donors (Lipinski definition) is 1. The highest BCUT2D eigenvalue weighted by atomic mass is 16.5. The molecule has 148 valence electrons. The number of anilines is 1. The van der Waals surface area contributed by atoms with E-state index in [1.165, 1.54) is 0 Å². The lowest BCUT2D eigenvalue weighted by molar-refractivity contribution is 0.325. The number of methoxy groups -OCH3 is 3. The molecule has 0 radical (unpaired) electrons. The second-order valence-electron chi connectivity index (χ2n) is 7.06. The zero-order valence-corrected chi connectivity index (χ0v) is 17.0. The Bertz CT molecular complexity index is 918. The topological polar surface area (TPSA) is 90.4 Å². The smallest absolute Gasteiger partial charge is 0.203 e. The number of ether oxygens (including phenoxy) is 3. The molecular weight excluding hydrogens is 354 g/mol. The molecule has 6 heteroatoms. The van der Waals surface area contributed by atoms with E-state index in [0.717, 1.165) is 54.5 Å². The van der Waals surface area contributed by atoms with Crippen LogP contribution in [-0.4, -0.2) is 26.3 Å². The third-order valence-electron chi connectivity index (χ3n) is 5.48. The van der Waals surface area contributed by atoms with Crippen molar-refractivity contribution in [1.82, 2.24) is 4.98 Å². The molecule has 0 bridgehead atoms. The Kier molecular flexibility index (Phi) is 5.93. The van der Waals surface area contributed by atoms with Crippen LogP contribution < -0.4 is 19.9 Å². The van der Waals surface area contributed by atoms with Crippen LogP contribution in [0.4, 0.5) is 5.82 Å². The van der Waals surface area contributed by atoms with Gasteiger partial charge in [-0.05, 0) is 42.9 Å². The minimum Gasteiger partial charge on any atom is -0.493 e. The summed E-state index contributed by atoms with van der Waals surface area (Å²) in [5.41, 5.74) is 10.2. The zero-order valence-electron chi connectivity index (χ0n) is 17.0. The van der Waals surface area contributed by atoms with Crippen molar-refractivity contribution in [3.63, 3.8) is 0 Å². The van der Waals surface area contributed by atoms with Gasteiger partial charge in [-0.25, -0.2) is 4.98 Å². The Balaban J connectivity index is 2.30. The molecule has 1 aliphatic rings. The van der Waals surface area contributed by atoms with E-state index in [0.29, 0.717) is 28.7 Å². The highest BCUT2D eigenvalue weighted by molar-refractivity contribution is 5.85. The molecule has 0 saturated heterocycles. The van der Waals surface area contributed by atoms with Crippen LogP contribution in [0.1, 0.15) is 43.0 Å². The average molecular weight is 381 g/mol. The maximum absolute atomic E-state index is 9.86. The Morgan fingerprint density at radius 2 is 1.93 bits per heavy atom. The van der Waals surface area contributed by atoms with Crippen molar-refractivity contribution >= 4 is 5.82 Å². The summed E-state index contributed by atoms with van der Waals surface area (Å²) >= 11 is 0. The van der Waals surface area contributed by atoms with E-state index in [9.17, 15) is 5.26 Å². The molecule has 2 N–H and O–H groups in total. The first-order valence-corrected chi connectivity index (χ1v) is 9.60. The maximum atomic E-state index is 9.86. The number of pyridine rings is 1. The minimum absolute atomic E-state index is 0.266. The SMILES string of the molecule is CCCC1CCc2nc(N)c(C#N)c(-c3ccc(OC)c(OC)c3OC)c2C1. The molecule has 0 saturated carbocycles. The predicted molar refractivity (Wildman–Crippen MR) is 109 cm³/mol. The van der Waals surface area contributed by atoms with Crippen LogP contribution in [0.2, 0.25) is 0 Å². The Hall–Kier alpha value is -2.94. The van der Waals surface area contributed by atoms with E-state index in [2.05, 4.69) is 18.0 Å². The summed E-state index contributed by atoms with van der Waals surface area (Å²) in [4.78, 5) is 4.56. The van der Waals surface area contributed by atoms with Crippen LogP contribution in [0, 0.1) is 17.2 Å². The van der Waals surface area contributed by atoms with Gasteiger partial charge in [-0.1, -0.05) is 19.8 Å². The van der Waals surface area contributed by atoms with Crippen LogP contribution in [0.5, 0.6) is 17.2 Å². The molecule has 1 atom stereocenters. The Labute approximate surface area is 166 Å². The fourth-order valence-corrected chi connectivity index (χ4v) is 4.21. The highest BCUT2D eigenvalue weighted by Gasteiger charge is 2.29. The summed E-state index contributed by atoms with van der Waals surface area (Å²) < 4.78 is 16.6. The first kappa shape index (κ1) is 19.8. The summed E-state index contributed by atoms with van der Waals surface area (Å²) in [6.45, 7) is 2.20. The van der Waals surface area contributed by atoms with E-state index in [1.54, 1.807) is 21.3 Å². The van der Waals surface area contributed by atoms with Gasteiger partial charge in [0.15, 0.2) is 11.5 Å². The molecule has 2 aromatic rings. The van der Waals surface area contributed by atoms with Gasteiger partial charge in [-0.15, -0.1) is 0 Å². The lowest BCUT2D eigenvalue weighted by Crippen LogP contribution is -2.18. The van der Waals surface area contributed by atoms with Gasteiger partial charge in [0.2, 0.25) is 5.75 Å². The van der Waals surface area contributed by atoms with E-state index < -0.39 is 0 Å². The van der Waals surface area contributed by atoms with Crippen molar-refractivity contribution in [1.29, 1.82) is 5.26 Å². The van der Waals surface area contributed by atoms with Gasteiger partial charge in [0, 0.05) is 16.8 Å². The Morgan fingerprint density at radius 3 is 2.54 bits per heavy atom. The summed E-state index contributed by atoms with van der Waals surface area (Å²) in [6.07, 6.45) is 5.16. The molecule has 0 spiro atoms. The third-order valence-corrected chi connectivity index (χ3v) is 5.48. The van der Waals surface area contributed by atoms with E-state index in [4.69, 9.17) is 19.9 Å². The first-order chi connectivity index (χ1) is 13.6. The zero-order chi connectivity index (χ0) is 20.3. The summed E-state index contributed by atoms with van der Waals surface area (Å²) in [7, 11) is 4.74. The minimum atomic E-state index is 0.266. The number of nitrogen functional groups attached to an aromatic ring is 1. The highest BCUT2D eigenvalue weighted by Crippen LogP contribution is 2.48. The van der Waals surface area contributed by atoms with Crippen LogP contribution in [0.15, 0.2) is 12.1 Å². The fourth-order valence-electron chi connectivity index (χ4n) is 4.21. The number of aryl methyl sites for hydroxylation is 1. The predicted octanol–water partition coefficient (Wildman–Crippen LogP) is 4.13. The first-order valence-electron chi connectivity index (χ1n) is 9.60. The van der Waals surface area contributed by atoms with Gasteiger partial charge >= 0.3 is 0 Å². The molecule has 28 heavy (non-hydrogen) atoms. The number of nitriles is 1. The van der Waals surface area contributed by atoms with E-state index in [1.807, 2.05) is 12.1 Å². The number of nitrogens with two attached hydrogens (primary N) is 1. The number of hydrogen-bond acceptors (Lipinski definition) is 6. The van der Waals surface area contributed by atoms with Gasteiger partial charge in [0.1, 0.15) is 17.5 Å². The average Bonchev–Trinajstić information content (AvgIpc) is 2.72. The van der Waals surface area contributed by atoms with Gasteiger partial charge in [0.25, 0.3) is 0 Å². The maximum Gasteiger partial charge on any atom is 0.203 e. The second-order valence-corrected chi connectivity index (χ2v) is 7.06. The van der Waals surface area contributed by atoms with Crippen LogP contribution in [0.3, 0.4) is 0 Å². The monoisotopic (exact) mass is 381 g/mol. The molecule has 0 aliphatic heterocycles. The number of rotatable bonds is 6.